The second-order valence-corrected chi connectivity index (χ2v) is 5.27. The number of hydrogen-bond donors (Lipinski definition) is 2. The minimum Gasteiger partial charge on any atom is -0.369 e. The van der Waals surface area contributed by atoms with Gasteiger partial charge in [0.1, 0.15) is 11.5 Å². The third-order valence-electron chi connectivity index (χ3n) is 3.26. The summed E-state index contributed by atoms with van der Waals surface area (Å²) in [5, 5.41) is 6.08. The Morgan fingerprint density at radius 3 is 2.78 bits per heavy atom. The predicted octanol–water partition coefficient (Wildman–Crippen LogP) is 1.83. The highest BCUT2D eigenvalue weighted by Gasteiger charge is 2.39. The minimum atomic E-state index is -0.160. The van der Waals surface area contributed by atoms with Crippen molar-refractivity contribution in [3.05, 3.63) is 18.1 Å². The molecule has 1 aromatic rings. The maximum atomic E-state index is 12.1. The van der Waals surface area contributed by atoms with Crippen molar-refractivity contribution >= 4 is 11.7 Å². The number of nitrogens with one attached hydrogen (secondary N) is 2. The van der Waals surface area contributed by atoms with Gasteiger partial charge in [0, 0.05) is 12.1 Å². The summed E-state index contributed by atoms with van der Waals surface area (Å²) < 4.78 is 0. The van der Waals surface area contributed by atoms with E-state index in [9.17, 15) is 4.79 Å². The van der Waals surface area contributed by atoms with Crippen LogP contribution < -0.4 is 10.6 Å². The minimum absolute atomic E-state index is 0.154. The number of hydrogen-bond acceptors (Lipinski definition) is 4. The van der Waals surface area contributed by atoms with Gasteiger partial charge in [-0.3, -0.25) is 9.78 Å². The van der Waals surface area contributed by atoms with E-state index in [0.29, 0.717) is 17.4 Å². The number of anilines is 1. The molecule has 0 saturated heterocycles. The molecule has 1 aromatic heterocycles. The van der Waals surface area contributed by atoms with Crippen LogP contribution in [0.1, 0.15) is 44.1 Å². The van der Waals surface area contributed by atoms with Gasteiger partial charge in [0.2, 0.25) is 0 Å². The van der Waals surface area contributed by atoms with Crippen molar-refractivity contribution in [1.29, 1.82) is 0 Å². The van der Waals surface area contributed by atoms with Crippen molar-refractivity contribution in [2.24, 2.45) is 5.92 Å². The number of aromatic nitrogens is 2. The molecule has 2 N–H and O–H groups in total. The summed E-state index contributed by atoms with van der Waals surface area (Å²) in [7, 11) is 0. The van der Waals surface area contributed by atoms with E-state index in [1.54, 1.807) is 6.20 Å². The highest BCUT2D eigenvalue weighted by atomic mass is 16.2. The lowest BCUT2D eigenvalue weighted by molar-refractivity contribution is 0.0898. The molecule has 0 unspecified atom stereocenters. The molecule has 5 heteroatoms. The highest BCUT2D eigenvalue weighted by Crippen LogP contribution is 2.39. The molecular weight excluding hydrogens is 228 g/mol. The number of carbonyl (C=O) groups excluding carboxylic acids is 1. The standard InChI is InChI=1S/C13H20N4O/c1-4-15-11-8-14-7-10(16-11)12(18)17-13(2,3)9-5-6-9/h7-9H,4-6H2,1-3H3,(H,15,16)(H,17,18). The lowest BCUT2D eigenvalue weighted by Gasteiger charge is -2.25. The molecule has 0 aliphatic heterocycles. The SMILES string of the molecule is CCNc1cncc(C(=O)NC(C)(C)C2CC2)n1. The number of rotatable bonds is 5. The van der Waals surface area contributed by atoms with E-state index in [-0.39, 0.29) is 11.4 Å². The molecule has 1 heterocycles. The zero-order chi connectivity index (χ0) is 13.2. The van der Waals surface area contributed by atoms with Crippen LogP contribution in [0.3, 0.4) is 0 Å². The van der Waals surface area contributed by atoms with Crippen LogP contribution in [0.4, 0.5) is 5.82 Å². The van der Waals surface area contributed by atoms with Gasteiger partial charge in [-0.1, -0.05) is 0 Å². The van der Waals surface area contributed by atoms with Gasteiger partial charge in [0.15, 0.2) is 0 Å². The van der Waals surface area contributed by atoms with Crippen molar-refractivity contribution < 1.29 is 4.79 Å². The van der Waals surface area contributed by atoms with Gasteiger partial charge >= 0.3 is 0 Å². The fourth-order valence-electron chi connectivity index (χ4n) is 2.01. The summed E-state index contributed by atoms with van der Waals surface area (Å²) in [6.45, 7) is 6.85. The summed E-state index contributed by atoms with van der Waals surface area (Å²) in [6, 6.07) is 0. The molecule has 0 radical (unpaired) electrons. The van der Waals surface area contributed by atoms with Crippen molar-refractivity contribution in [3.8, 4) is 0 Å². The number of nitrogens with zero attached hydrogens (tertiary/aromatic N) is 2. The van der Waals surface area contributed by atoms with E-state index < -0.39 is 0 Å². The summed E-state index contributed by atoms with van der Waals surface area (Å²) in [4.78, 5) is 20.4. The fourth-order valence-corrected chi connectivity index (χ4v) is 2.01. The summed E-state index contributed by atoms with van der Waals surface area (Å²) in [6.07, 6.45) is 5.50. The zero-order valence-corrected chi connectivity index (χ0v) is 11.2. The van der Waals surface area contributed by atoms with Crippen LogP contribution in [0.5, 0.6) is 0 Å². The molecule has 2 rings (SSSR count). The Morgan fingerprint density at radius 2 is 2.17 bits per heavy atom. The molecule has 1 aliphatic carbocycles. The van der Waals surface area contributed by atoms with Gasteiger partial charge in [-0.15, -0.1) is 0 Å². The largest absolute Gasteiger partial charge is 0.369 e. The third-order valence-corrected chi connectivity index (χ3v) is 3.26. The summed E-state index contributed by atoms with van der Waals surface area (Å²) in [5.74, 6) is 1.07. The first-order chi connectivity index (χ1) is 8.53. The second kappa shape index (κ2) is 4.92. The van der Waals surface area contributed by atoms with Crippen LogP contribution in [0.25, 0.3) is 0 Å². The molecule has 5 nitrogen and oxygen atoms in total. The smallest absolute Gasteiger partial charge is 0.271 e. The molecule has 1 amide bonds. The van der Waals surface area contributed by atoms with E-state index in [4.69, 9.17) is 0 Å². The van der Waals surface area contributed by atoms with E-state index >= 15 is 0 Å². The summed E-state index contributed by atoms with van der Waals surface area (Å²) in [5.41, 5.74) is 0.203. The lowest BCUT2D eigenvalue weighted by Crippen LogP contribution is -2.45. The Kier molecular flexibility index (Phi) is 3.50. The molecule has 98 valence electrons. The highest BCUT2D eigenvalue weighted by molar-refractivity contribution is 5.92. The lowest BCUT2D eigenvalue weighted by atomic mass is 9.98. The predicted molar refractivity (Wildman–Crippen MR) is 70.5 cm³/mol. The quantitative estimate of drug-likeness (QED) is 0.834. The molecule has 1 saturated carbocycles. The molecule has 18 heavy (non-hydrogen) atoms. The number of amides is 1. The van der Waals surface area contributed by atoms with E-state index in [2.05, 4.69) is 34.4 Å². The monoisotopic (exact) mass is 248 g/mol. The maximum absolute atomic E-state index is 12.1. The van der Waals surface area contributed by atoms with Gasteiger partial charge in [-0.05, 0) is 39.5 Å². The van der Waals surface area contributed by atoms with Crippen LogP contribution in [0.15, 0.2) is 12.4 Å². The Balaban J connectivity index is 2.06. The first-order valence-corrected chi connectivity index (χ1v) is 6.41. The summed E-state index contributed by atoms with van der Waals surface area (Å²) >= 11 is 0. The topological polar surface area (TPSA) is 66.9 Å². The third kappa shape index (κ3) is 2.97. The van der Waals surface area contributed by atoms with Gasteiger partial charge in [-0.2, -0.15) is 0 Å². The second-order valence-electron chi connectivity index (χ2n) is 5.27. The van der Waals surface area contributed by atoms with Gasteiger partial charge in [-0.25, -0.2) is 4.98 Å². The Bertz CT molecular complexity index is 440. The van der Waals surface area contributed by atoms with Crippen LogP contribution in [-0.4, -0.2) is 28.0 Å². The van der Waals surface area contributed by atoms with E-state index in [0.717, 1.165) is 6.54 Å². The molecule has 1 fully saturated rings. The van der Waals surface area contributed by atoms with Crippen molar-refractivity contribution in [3.63, 3.8) is 0 Å². The zero-order valence-electron chi connectivity index (χ0n) is 11.2. The number of carbonyl (C=O) groups is 1. The van der Waals surface area contributed by atoms with Gasteiger partial charge in [0.25, 0.3) is 5.91 Å². The molecule has 1 aliphatic rings. The molecule has 0 bridgehead atoms. The van der Waals surface area contributed by atoms with Crippen LogP contribution in [-0.2, 0) is 0 Å². The van der Waals surface area contributed by atoms with Crippen LogP contribution >= 0.6 is 0 Å². The molecular formula is C13H20N4O. The average molecular weight is 248 g/mol. The Morgan fingerprint density at radius 1 is 1.44 bits per heavy atom. The van der Waals surface area contributed by atoms with Crippen molar-refractivity contribution in [2.45, 2.75) is 39.2 Å². The van der Waals surface area contributed by atoms with E-state index in [1.165, 1.54) is 19.0 Å². The first-order valence-electron chi connectivity index (χ1n) is 6.41. The Labute approximate surface area is 107 Å². The van der Waals surface area contributed by atoms with Gasteiger partial charge in [0.05, 0.1) is 12.4 Å². The van der Waals surface area contributed by atoms with Gasteiger partial charge < -0.3 is 10.6 Å². The average Bonchev–Trinajstić information content (AvgIpc) is 3.13. The van der Waals surface area contributed by atoms with Crippen molar-refractivity contribution in [1.82, 2.24) is 15.3 Å². The molecule has 0 atom stereocenters. The maximum Gasteiger partial charge on any atom is 0.271 e. The molecule has 0 aromatic carbocycles. The van der Waals surface area contributed by atoms with Crippen molar-refractivity contribution in [2.75, 3.05) is 11.9 Å². The van der Waals surface area contributed by atoms with E-state index in [1.807, 2.05) is 6.92 Å². The fraction of sp³-hybridized carbons (Fsp3) is 0.615. The molecule has 0 spiro atoms. The normalized spacial score (nSPS) is 15.3. The van der Waals surface area contributed by atoms with Crippen LogP contribution in [0, 0.1) is 5.92 Å². The Hall–Kier alpha value is -1.65. The first kappa shape index (κ1) is 12.8. The van der Waals surface area contributed by atoms with Crippen LogP contribution in [0.2, 0.25) is 0 Å².